The lowest BCUT2D eigenvalue weighted by atomic mass is 9.95. The van der Waals surface area contributed by atoms with Crippen LogP contribution < -0.4 is 20.1 Å². The van der Waals surface area contributed by atoms with Crippen LogP contribution in [-0.2, 0) is 14.8 Å². The Morgan fingerprint density at radius 3 is 2.39 bits per heavy atom. The van der Waals surface area contributed by atoms with E-state index in [1.165, 1.54) is 19.6 Å². The number of rotatable bonds is 9. The molecule has 2 amide bonds. The molecule has 0 radical (unpaired) electrons. The van der Waals surface area contributed by atoms with Crippen LogP contribution in [0, 0.1) is 6.92 Å². The van der Waals surface area contributed by atoms with Gasteiger partial charge in [-0.15, -0.1) is 0 Å². The van der Waals surface area contributed by atoms with Gasteiger partial charge in [-0.2, -0.15) is 0 Å². The third kappa shape index (κ3) is 6.95. The standard InChI is InChI=1S/C24H31N3O5S/c1-17-8-9-18(24(29)25-15-14-23(28)26-19-6-4-3-5-7-19)16-22(17)33(30,31)27-20-10-12-21(32-2)13-11-20/h8-13,16,19,27H,3-7,14-15H2,1-2H3,(H,25,29)(H,26,28). The summed E-state index contributed by atoms with van der Waals surface area (Å²) in [5.74, 6) is 0.0969. The van der Waals surface area contributed by atoms with E-state index in [1.807, 2.05) is 0 Å². The first-order valence-corrected chi connectivity index (χ1v) is 12.6. The Hall–Kier alpha value is -3.07. The third-order valence-corrected chi connectivity index (χ3v) is 7.21. The minimum atomic E-state index is -3.90. The number of carbonyl (C=O) groups is 2. The van der Waals surface area contributed by atoms with Crippen molar-refractivity contribution in [1.29, 1.82) is 0 Å². The maximum absolute atomic E-state index is 12.9. The van der Waals surface area contributed by atoms with E-state index in [1.54, 1.807) is 43.3 Å². The Morgan fingerprint density at radius 2 is 1.73 bits per heavy atom. The molecule has 0 aromatic heterocycles. The summed E-state index contributed by atoms with van der Waals surface area (Å²) in [4.78, 5) is 24.7. The van der Waals surface area contributed by atoms with Crippen LogP contribution in [0.2, 0.25) is 0 Å². The van der Waals surface area contributed by atoms with Crippen molar-refractivity contribution in [3.05, 3.63) is 53.6 Å². The van der Waals surface area contributed by atoms with Gasteiger partial charge in [-0.05, 0) is 61.7 Å². The number of anilines is 1. The molecule has 9 heteroatoms. The Kier molecular flexibility index (Phi) is 8.32. The Labute approximate surface area is 195 Å². The fourth-order valence-electron chi connectivity index (χ4n) is 3.84. The molecule has 3 N–H and O–H groups in total. The molecule has 0 aliphatic heterocycles. The second-order valence-electron chi connectivity index (χ2n) is 8.22. The minimum absolute atomic E-state index is 0.0148. The number of carbonyl (C=O) groups excluding carboxylic acids is 2. The summed E-state index contributed by atoms with van der Waals surface area (Å²) in [5, 5.41) is 5.71. The van der Waals surface area contributed by atoms with E-state index in [0.29, 0.717) is 17.0 Å². The van der Waals surface area contributed by atoms with Gasteiger partial charge in [-0.1, -0.05) is 25.3 Å². The predicted molar refractivity (Wildman–Crippen MR) is 127 cm³/mol. The first-order valence-electron chi connectivity index (χ1n) is 11.1. The van der Waals surface area contributed by atoms with Crippen molar-refractivity contribution in [3.63, 3.8) is 0 Å². The zero-order valence-electron chi connectivity index (χ0n) is 19.0. The van der Waals surface area contributed by atoms with E-state index in [9.17, 15) is 18.0 Å². The van der Waals surface area contributed by atoms with E-state index in [2.05, 4.69) is 15.4 Å². The van der Waals surface area contributed by atoms with Crippen LogP contribution in [-0.4, -0.2) is 39.9 Å². The zero-order valence-corrected chi connectivity index (χ0v) is 19.8. The number of amides is 2. The number of aryl methyl sites for hydroxylation is 1. The maximum Gasteiger partial charge on any atom is 0.262 e. The number of methoxy groups -OCH3 is 1. The third-order valence-electron chi connectivity index (χ3n) is 5.69. The fraction of sp³-hybridized carbons (Fsp3) is 0.417. The lowest BCUT2D eigenvalue weighted by Crippen LogP contribution is -2.38. The molecule has 2 aromatic rings. The van der Waals surface area contributed by atoms with Gasteiger partial charge in [0, 0.05) is 30.3 Å². The Morgan fingerprint density at radius 1 is 1.03 bits per heavy atom. The normalized spacial score (nSPS) is 14.4. The van der Waals surface area contributed by atoms with Crippen LogP contribution in [0.4, 0.5) is 5.69 Å². The monoisotopic (exact) mass is 473 g/mol. The first kappa shape index (κ1) is 24.6. The molecule has 0 bridgehead atoms. The minimum Gasteiger partial charge on any atom is -0.497 e. The quantitative estimate of drug-likeness (QED) is 0.517. The maximum atomic E-state index is 12.9. The van der Waals surface area contributed by atoms with Gasteiger partial charge in [-0.25, -0.2) is 8.42 Å². The van der Waals surface area contributed by atoms with Crippen molar-refractivity contribution >= 4 is 27.5 Å². The highest BCUT2D eigenvalue weighted by atomic mass is 32.2. The lowest BCUT2D eigenvalue weighted by Gasteiger charge is -2.22. The molecule has 0 unspecified atom stereocenters. The largest absolute Gasteiger partial charge is 0.497 e. The SMILES string of the molecule is COc1ccc(NS(=O)(=O)c2cc(C(=O)NCCC(=O)NC3CCCCC3)ccc2C)cc1. The zero-order chi connectivity index (χ0) is 23.8. The molecule has 1 aliphatic rings. The molecule has 0 spiro atoms. The molecule has 8 nitrogen and oxygen atoms in total. The molecule has 1 aliphatic carbocycles. The van der Waals surface area contributed by atoms with Crippen LogP contribution in [0.25, 0.3) is 0 Å². The smallest absolute Gasteiger partial charge is 0.262 e. The highest BCUT2D eigenvalue weighted by molar-refractivity contribution is 7.92. The first-order chi connectivity index (χ1) is 15.8. The van der Waals surface area contributed by atoms with Crippen molar-refractivity contribution in [2.75, 3.05) is 18.4 Å². The predicted octanol–water partition coefficient (Wildman–Crippen LogP) is 3.37. The van der Waals surface area contributed by atoms with Gasteiger partial charge in [0.15, 0.2) is 0 Å². The summed E-state index contributed by atoms with van der Waals surface area (Å²) in [5.41, 5.74) is 1.11. The van der Waals surface area contributed by atoms with Crippen molar-refractivity contribution < 1.29 is 22.7 Å². The number of hydrogen-bond donors (Lipinski definition) is 3. The van der Waals surface area contributed by atoms with Crippen molar-refractivity contribution in [2.24, 2.45) is 0 Å². The number of hydrogen-bond acceptors (Lipinski definition) is 5. The summed E-state index contributed by atoms with van der Waals surface area (Å²) in [6, 6.07) is 11.2. The molecular weight excluding hydrogens is 442 g/mol. The van der Waals surface area contributed by atoms with Crippen LogP contribution in [0.15, 0.2) is 47.4 Å². The molecule has 3 rings (SSSR count). The summed E-state index contributed by atoms with van der Waals surface area (Å²) in [6.07, 6.45) is 5.67. The molecule has 0 atom stereocenters. The van der Waals surface area contributed by atoms with Crippen LogP contribution >= 0.6 is 0 Å². The molecule has 1 saturated carbocycles. The molecule has 1 fully saturated rings. The van der Waals surface area contributed by atoms with E-state index in [4.69, 9.17) is 4.74 Å². The number of sulfonamides is 1. The lowest BCUT2D eigenvalue weighted by molar-refractivity contribution is -0.121. The summed E-state index contributed by atoms with van der Waals surface area (Å²) in [7, 11) is -2.37. The summed E-state index contributed by atoms with van der Waals surface area (Å²) < 4.78 is 33.4. The van der Waals surface area contributed by atoms with E-state index in [0.717, 1.165) is 25.7 Å². The fourth-order valence-corrected chi connectivity index (χ4v) is 5.17. The topological polar surface area (TPSA) is 114 Å². The molecule has 0 heterocycles. The average Bonchev–Trinajstić information content (AvgIpc) is 2.80. The molecule has 33 heavy (non-hydrogen) atoms. The van der Waals surface area contributed by atoms with E-state index < -0.39 is 15.9 Å². The highest BCUT2D eigenvalue weighted by Gasteiger charge is 2.20. The van der Waals surface area contributed by atoms with Crippen LogP contribution in [0.1, 0.15) is 54.4 Å². The average molecular weight is 474 g/mol. The van der Waals surface area contributed by atoms with Gasteiger partial charge in [0.25, 0.3) is 15.9 Å². The van der Waals surface area contributed by atoms with Gasteiger partial charge in [0.1, 0.15) is 5.75 Å². The molecular formula is C24H31N3O5S. The van der Waals surface area contributed by atoms with Crippen LogP contribution in [0.3, 0.4) is 0 Å². The Balaban J connectivity index is 1.59. The summed E-state index contributed by atoms with van der Waals surface area (Å²) in [6.45, 7) is 1.84. The number of benzene rings is 2. The van der Waals surface area contributed by atoms with Gasteiger partial charge >= 0.3 is 0 Å². The Bertz CT molecular complexity index is 1080. The molecule has 178 valence electrons. The van der Waals surface area contributed by atoms with E-state index >= 15 is 0 Å². The molecule has 2 aromatic carbocycles. The van der Waals surface area contributed by atoms with Gasteiger partial charge in [-0.3, -0.25) is 14.3 Å². The second-order valence-corrected chi connectivity index (χ2v) is 9.87. The molecule has 0 saturated heterocycles. The highest BCUT2D eigenvalue weighted by Crippen LogP contribution is 2.22. The van der Waals surface area contributed by atoms with Gasteiger partial charge in [0.2, 0.25) is 5.91 Å². The second kappa shape index (κ2) is 11.2. The van der Waals surface area contributed by atoms with Crippen molar-refractivity contribution in [3.8, 4) is 5.75 Å². The van der Waals surface area contributed by atoms with Crippen LogP contribution in [0.5, 0.6) is 5.75 Å². The van der Waals surface area contributed by atoms with Crippen molar-refractivity contribution in [1.82, 2.24) is 10.6 Å². The number of nitrogens with one attached hydrogen (secondary N) is 3. The number of ether oxygens (including phenoxy) is 1. The summed E-state index contributed by atoms with van der Waals surface area (Å²) >= 11 is 0. The van der Waals surface area contributed by atoms with E-state index in [-0.39, 0.29) is 35.4 Å². The van der Waals surface area contributed by atoms with Crippen molar-refractivity contribution in [2.45, 2.75) is 56.4 Å². The van der Waals surface area contributed by atoms with Gasteiger partial charge < -0.3 is 15.4 Å². The van der Waals surface area contributed by atoms with Gasteiger partial charge in [0.05, 0.1) is 12.0 Å².